The number of rotatable bonds is 4. The van der Waals surface area contributed by atoms with Gasteiger partial charge in [-0.05, 0) is 57.2 Å². The molecule has 2 heterocycles. The van der Waals surface area contributed by atoms with E-state index < -0.39 is 5.91 Å². The van der Waals surface area contributed by atoms with E-state index in [2.05, 4.69) is 10.2 Å². The molecule has 0 bridgehead atoms. The van der Waals surface area contributed by atoms with Crippen LogP contribution in [0.2, 0.25) is 0 Å². The molecule has 22 heavy (non-hydrogen) atoms. The molecular formula is C16H23N3O2S. The fourth-order valence-electron chi connectivity index (χ4n) is 3.40. The van der Waals surface area contributed by atoms with Gasteiger partial charge in [0.15, 0.2) is 0 Å². The molecular weight excluding hydrogens is 298 g/mol. The molecule has 0 spiro atoms. The molecule has 2 aliphatic rings. The average Bonchev–Trinajstić information content (AvgIpc) is 2.85. The van der Waals surface area contributed by atoms with E-state index in [0.29, 0.717) is 17.1 Å². The minimum absolute atomic E-state index is 0.0389. The van der Waals surface area contributed by atoms with Crippen LogP contribution in [0.15, 0.2) is 0 Å². The Bertz CT molecular complexity index is 576. The zero-order chi connectivity index (χ0) is 15.5. The number of primary amides is 1. The summed E-state index contributed by atoms with van der Waals surface area (Å²) in [5.74, 6) is -0.462. The number of carbonyl (C=O) groups excluding carboxylic acids is 2. The molecule has 0 radical (unpaired) electrons. The van der Waals surface area contributed by atoms with E-state index in [-0.39, 0.29) is 5.91 Å². The normalized spacial score (nSPS) is 18.7. The Morgan fingerprint density at radius 3 is 2.55 bits per heavy atom. The molecule has 6 heteroatoms. The van der Waals surface area contributed by atoms with Gasteiger partial charge in [-0.3, -0.25) is 14.5 Å². The summed E-state index contributed by atoms with van der Waals surface area (Å²) in [5, 5.41) is 3.59. The van der Waals surface area contributed by atoms with E-state index >= 15 is 0 Å². The Hall–Kier alpha value is -1.40. The molecule has 0 unspecified atom stereocenters. The second-order valence-corrected chi connectivity index (χ2v) is 7.27. The van der Waals surface area contributed by atoms with Crippen LogP contribution in [-0.2, 0) is 17.6 Å². The molecule has 120 valence electrons. The van der Waals surface area contributed by atoms with Gasteiger partial charge in [0.05, 0.1) is 12.1 Å². The van der Waals surface area contributed by atoms with Crippen molar-refractivity contribution in [1.82, 2.24) is 4.90 Å². The van der Waals surface area contributed by atoms with Crippen molar-refractivity contribution >= 4 is 28.2 Å². The number of amides is 2. The average molecular weight is 321 g/mol. The molecule has 1 fully saturated rings. The third-order valence-electron chi connectivity index (χ3n) is 4.49. The lowest BCUT2D eigenvalue weighted by Crippen LogP contribution is -2.37. The number of fused-ring (bicyclic) bond motifs is 1. The lowest BCUT2D eigenvalue weighted by atomic mass is 9.95. The van der Waals surface area contributed by atoms with E-state index in [1.165, 1.54) is 22.6 Å². The van der Waals surface area contributed by atoms with Crippen LogP contribution in [0.5, 0.6) is 0 Å². The van der Waals surface area contributed by atoms with Gasteiger partial charge in [-0.2, -0.15) is 0 Å². The van der Waals surface area contributed by atoms with Crippen molar-refractivity contribution < 1.29 is 9.59 Å². The summed E-state index contributed by atoms with van der Waals surface area (Å²) in [6.07, 6.45) is 7.69. The number of nitrogens with two attached hydrogens (primary N) is 1. The molecule has 5 nitrogen and oxygen atoms in total. The molecule has 1 aliphatic heterocycles. The minimum atomic E-state index is -0.423. The summed E-state index contributed by atoms with van der Waals surface area (Å²) in [5.41, 5.74) is 7.16. The van der Waals surface area contributed by atoms with E-state index in [4.69, 9.17) is 5.73 Å². The summed E-state index contributed by atoms with van der Waals surface area (Å²) in [6.45, 7) is 2.37. The molecule has 1 aliphatic carbocycles. The van der Waals surface area contributed by atoms with Crippen molar-refractivity contribution in [2.24, 2.45) is 5.73 Å². The summed E-state index contributed by atoms with van der Waals surface area (Å²) in [6, 6.07) is 0. The third-order valence-corrected chi connectivity index (χ3v) is 5.69. The van der Waals surface area contributed by atoms with Crippen LogP contribution in [0.3, 0.4) is 0 Å². The smallest absolute Gasteiger partial charge is 0.251 e. The quantitative estimate of drug-likeness (QED) is 0.892. The Labute approximate surface area is 134 Å². The van der Waals surface area contributed by atoms with Gasteiger partial charge in [-0.1, -0.05) is 6.42 Å². The van der Waals surface area contributed by atoms with Crippen LogP contribution in [0.25, 0.3) is 0 Å². The number of anilines is 1. The maximum absolute atomic E-state index is 12.3. The standard InChI is InChI=1S/C16H23N3O2S/c17-15(21)14-11-6-2-3-7-12(11)22-16(14)18-13(20)10-19-8-4-1-5-9-19/h1-10H2,(H2,17,21)(H,18,20). The number of carbonyl (C=O) groups is 2. The zero-order valence-electron chi connectivity index (χ0n) is 12.8. The highest BCUT2D eigenvalue weighted by atomic mass is 32.1. The highest BCUT2D eigenvalue weighted by Gasteiger charge is 2.25. The number of hydrogen-bond donors (Lipinski definition) is 2. The number of thiophene rings is 1. The van der Waals surface area contributed by atoms with Crippen LogP contribution in [0, 0.1) is 0 Å². The van der Waals surface area contributed by atoms with Crippen LogP contribution in [0.4, 0.5) is 5.00 Å². The number of likely N-dealkylation sites (tertiary alicyclic amines) is 1. The summed E-state index contributed by atoms with van der Waals surface area (Å²) >= 11 is 1.53. The molecule has 1 aromatic rings. The van der Waals surface area contributed by atoms with Gasteiger partial charge in [-0.15, -0.1) is 11.3 Å². The number of nitrogens with one attached hydrogen (secondary N) is 1. The predicted molar refractivity (Wildman–Crippen MR) is 88.4 cm³/mol. The van der Waals surface area contributed by atoms with Gasteiger partial charge < -0.3 is 11.1 Å². The van der Waals surface area contributed by atoms with Crippen LogP contribution >= 0.6 is 11.3 Å². The molecule has 3 rings (SSSR count). The van der Waals surface area contributed by atoms with E-state index in [1.807, 2.05) is 0 Å². The maximum Gasteiger partial charge on any atom is 0.251 e. The molecule has 0 atom stereocenters. The number of nitrogens with zero attached hydrogens (tertiary/aromatic N) is 1. The van der Waals surface area contributed by atoms with Crippen molar-refractivity contribution in [3.05, 3.63) is 16.0 Å². The van der Waals surface area contributed by atoms with Gasteiger partial charge in [0.25, 0.3) is 5.91 Å². The summed E-state index contributed by atoms with van der Waals surface area (Å²) in [7, 11) is 0. The monoisotopic (exact) mass is 321 g/mol. The number of aryl methyl sites for hydroxylation is 1. The zero-order valence-corrected chi connectivity index (χ0v) is 13.6. The fraction of sp³-hybridized carbons (Fsp3) is 0.625. The third kappa shape index (κ3) is 3.33. The van der Waals surface area contributed by atoms with Crippen LogP contribution in [-0.4, -0.2) is 36.3 Å². The van der Waals surface area contributed by atoms with Crippen LogP contribution in [0.1, 0.15) is 52.9 Å². The second-order valence-electron chi connectivity index (χ2n) is 6.16. The van der Waals surface area contributed by atoms with Crippen molar-refractivity contribution in [2.75, 3.05) is 25.0 Å². The highest BCUT2D eigenvalue weighted by molar-refractivity contribution is 7.17. The van der Waals surface area contributed by atoms with E-state index in [0.717, 1.165) is 57.2 Å². The second kappa shape index (κ2) is 6.79. The van der Waals surface area contributed by atoms with E-state index in [1.54, 1.807) is 0 Å². The lowest BCUT2D eigenvalue weighted by Gasteiger charge is -2.25. The maximum atomic E-state index is 12.3. The molecule has 3 N–H and O–H groups in total. The van der Waals surface area contributed by atoms with Gasteiger partial charge in [0, 0.05) is 4.88 Å². The fourth-order valence-corrected chi connectivity index (χ4v) is 4.71. The molecule has 0 aromatic carbocycles. The highest BCUT2D eigenvalue weighted by Crippen LogP contribution is 2.37. The first-order valence-electron chi connectivity index (χ1n) is 8.11. The van der Waals surface area contributed by atoms with Gasteiger partial charge in [0.2, 0.25) is 5.91 Å². The minimum Gasteiger partial charge on any atom is -0.365 e. The first-order valence-corrected chi connectivity index (χ1v) is 8.93. The Morgan fingerprint density at radius 1 is 1.09 bits per heavy atom. The van der Waals surface area contributed by atoms with Gasteiger partial charge >= 0.3 is 0 Å². The molecule has 1 aromatic heterocycles. The first kappa shape index (κ1) is 15.5. The number of piperidine rings is 1. The topological polar surface area (TPSA) is 75.4 Å². The number of hydrogen-bond acceptors (Lipinski definition) is 4. The Morgan fingerprint density at radius 2 is 1.82 bits per heavy atom. The summed E-state index contributed by atoms with van der Waals surface area (Å²) < 4.78 is 0. The first-order chi connectivity index (χ1) is 10.6. The van der Waals surface area contributed by atoms with E-state index in [9.17, 15) is 9.59 Å². The van der Waals surface area contributed by atoms with Gasteiger partial charge in [0.1, 0.15) is 5.00 Å². The largest absolute Gasteiger partial charge is 0.365 e. The Kier molecular flexibility index (Phi) is 4.78. The van der Waals surface area contributed by atoms with Crippen molar-refractivity contribution in [1.29, 1.82) is 0 Å². The molecule has 2 amide bonds. The molecule has 1 saturated heterocycles. The SMILES string of the molecule is NC(=O)c1c(NC(=O)CN2CCCCC2)sc2c1CCCC2. The van der Waals surface area contributed by atoms with Crippen molar-refractivity contribution in [2.45, 2.75) is 44.9 Å². The predicted octanol–water partition coefficient (Wildman–Crippen LogP) is 2.15. The Balaban J connectivity index is 1.72. The van der Waals surface area contributed by atoms with Crippen LogP contribution < -0.4 is 11.1 Å². The van der Waals surface area contributed by atoms with Crippen molar-refractivity contribution in [3.8, 4) is 0 Å². The lowest BCUT2D eigenvalue weighted by molar-refractivity contribution is -0.117. The van der Waals surface area contributed by atoms with Gasteiger partial charge in [-0.25, -0.2) is 0 Å². The summed E-state index contributed by atoms with van der Waals surface area (Å²) in [4.78, 5) is 27.5. The molecule has 0 saturated carbocycles. The van der Waals surface area contributed by atoms with Crippen molar-refractivity contribution in [3.63, 3.8) is 0 Å².